The Labute approximate surface area is 192 Å². The van der Waals surface area contributed by atoms with E-state index in [0.29, 0.717) is 31.3 Å². The summed E-state index contributed by atoms with van der Waals surface area (Å²) in [5, 5.41) is 8.69. The van der Waals surface area contributed by atoms with E-state index in [1.807, 2.05) is 38.4 Å². The Kier molecular flexibility index (Phi) is 6.46. The zero-order chi connectivity index (χ0) is 23.6. The molecule has 10 heteroatoms. The van der Waals surface area contributed by atoms with Crippen LogP contribution in [0.3, 0.4) is 0 Å². The summed E-state index contributed by atoms with van der Waals surface area (Å²) in [6.07, 6.45) is 2.83. The van der Waals surface area contributed by atoms with Crippen LogP contribution >= 0.6 is 0 Å². The fourth-order valence-corrected chi connectivity index (χ4v) is 4.32. The number of fused-ring (bicyclic) bond motifs is 2. The molecule has 0 aromatic carbocycles. The fourth-order valence-electron chi connectivity index (χ4n) is 4.32. The van der Waals surface area contributed by atoms with Gasteiger partial charge in [-0.25, -0.2) is 9.78 Å². The Morgan fingerprint density at radius 1 is 1.27 bits per heavy atom. The maximum absolute atomic E-state index is 13.0. The summed E-state index contributed by atoms with van der Waals surface area (Å²) in [5.41, 5.74) is 2.83. The van der Waals surface area contributed by atoms with Gasteiger partial charge in [0.15, 0.2) is 5.65 Å². The molecule has 0 radical (unpaired) electrons. The Hall–Kier alpha value is -3.27. The number of hydrogen-bond acceptors (Lipinski definition) is 7. The highest BCUT2D eigenvalue weighted by Gasteiger charge is 2.32. The van der Waals surface area contributed by atoms with Crippen molar-refractivity contribution < 1.29 is 13.9 Å². The van der Waals surface area contributed by atoms with Gasteiger partial charge in [0.2, 0.25) is 5.88 Å². The highest BCUT2D eigenvalue weighted by molar-refractivity contribution is 5.89. The molecular weight excluding hydrogens is 425 g/mol. The van der Waals surface area contributed by atoms with Crippen LogP contribution in [0.15, 0.2) is 30.6 Å². The number of rotatable bonds is 3. The number of nitrogens with zero attached hydrogens (tertiary/aromatic N) is 6. The van der Waals surface area contributed by atoms with Crippen molar-refractivity contribution in [3.05, 3.63) is 36.2 Å². The lowest BCUT2D eigenvalue weighted by Crippen LogP contribution is -2.57. The molecule has 0 saturated carbocycles. The third kappa shape index (κ3) is 5.05. The van der Waals surface area contributed by atoms with Crippen LogP contribution in [0.2, 0.25) is 0 Å². The summed E-state index contributed by atoms with van der Waals surface area (Å²) in [6.45, 7) is 9.97. The minimum Gasteiger partial charge on any atom is -0.478 e. The second-order valence-electron chi connectivity index (χ2n) is 8.82. The maximum atomic E-state index is 13.0. The van der Waals surface area contributed by atoms with Crippen molar-refractivity contribution in [2.75, 3.05) is 42.6 Å². The van der Waals surface area contributed by atoms with E-state index < -0.39 is 6.16 Å². The Morgan fingerprint density at radius 2 is 2.09 bits per heavy atom. The molecule has 1 saturated heterocycles. The van der Waals surface area contributed by atoms with Crippen LogP contribution in [-0.2, 0) is 13.5 Å². The minimum absolute atomic E-state index is 0.0442. The molecule has 2 aliphatic rings. The number of aryl methyl sites for hydroxylation is 1. The van der Waals surface area contributed by atoms with Crippen LogP contribution in [0, 0.1) is 0 Å². The van der Waals surface area contributed by atoms with Gasteiger partial charge in [0.25, 0.3) is 0 Å². The predicted octanol–water partition coefficient (Wildman–Crippen LogP) is 3.09. The van der Waals surface area contributed by atoms with Crippen LogP contribution in [0.4, 0.5) is 20.7 Å². The summed E-state index contributed by atoms with van der Waals surface area (Å²) >= 11 is 0. The molecular formula is C23H30FN7O2. The highest BCUT2D eigenvalue weighted by atomic mass is 19.1. The zero-order valence-electron chi connectivity index (χ0n) is 19.5. The first-order chi connectivity index (χ1) is 15.8. The molecule has 5 rings (SSSR count). The average molecular weight is 456 g/mol. The van der Waals surface area contributed by atoms with E-state index in [9.17, 15) is 9.18 Å². The molecule has 33 heavy (non-hydrogen) atoms. The van der Waals surface area contributed by atoms with Gasteiger partial charge in [-0.2, -0.15) is 10.1 Å². The van der Waals surface area contributed by atoms with E-state index in [0.717, 1.165) is 46.8 Å². The summed E-state index contributed by atoms with van der Waals surface area (Å²) in [5.74, 6) is 1.11. The van der Waals surface area contributed by atoms with E-state index in [4.69, 9.17) is 4.74 Å². The third-order valence-electron chi connectivity index (χ3n) is 5.72. The molecule has 0 atom stereocenters. The number of anilines is 2. The Bertz CT molecular complexity index is 1150. The molecule has 1 fully saturated rings. The normalized spacial score (nSPS) is 16.9. The lowest BCUT2D eigenvalue weighted by molar-refractivity contribution is 0.228. The van der Waals surface area contributed by atoms with E-state index in [-0.39, 0.29) is 5.54 Å². The van der Waals surface area contributed by atoms with Crippen LogP contribution in [0.5, 0.6) is 5.88 Å². The molecule has 9 nitrogen and oxygen atoms in total. The molecule has 5 heterocycles. The number of amides is 1. The van der Waals surface area contributed by atoms with Gasteiger partial charge in [0, 0.05) is 73.9 Å². The van der Waals surface area contributed by atoms with Crippen molar-refractivity contribution in [3.8, 4) is 5.88 Å². The molecule has 3 aromatic rings. The smallest absolute Gasteiger partial charge is 0.405 e. The number of ether oxygens (including phenoxy) is 1. The summed E-state index contributed by atoms with van der Waals surface area (Å²) < 4.78 is 20.0. The molecule has 2 aliphatic heterocycles. The van der Waals surface area contributed by atoms with Gasteiger partial charge in [-0.1, -0.05) is 0 Å². The van der Waals surface area contributed by atoms with Gasteiger partial charge < -0.3 is 15.0 Å². The number of carbonyl (C=O) groups excluding carboxylic acids is 1. The van der Waals surface area contributed by atoms with Gasteiger partial charge in [0.05, 0.1) is 6.61 Å². The van der Waals surface area contributed by atoms with Crippen LogP contribution in [0.1, 0.15) is 26.3 Å². The minimum atomic E-state index is -1.42. The molecule has 0 unspecified atom stereocenters. The number of hydrogen-bond donors (Lipinski definition) is 1. The predicted molar refractivity (Wildman–Crippen MR) is 126 cm³/mol. The van der Waals surface area contributed by atoms with Crippen molar-refractivity contribution in [1.82, 2.24) is 25.1 Å². The number of carbonyl (C=O) groups is 1. The van der Waals surface area contributed by atoms with Crippen LogP contribution in [-0.4, -0.2) is 64.2 Å². The first kappa shape index (κ1) is 22.9. The molecule has 3 aromatic heterocycles. The topological polar surface area (TPSA) is 88.4 Å². The Balaban J connectivity index is 0.000000172. The van der Waals surface area contributed by atoms with Crippen molar-refractivity contribution in [1.29, 1.82) is 0 Å². The molecule has 1 amide bonds. The molecule has 0 spiro atoms. The van der Waals surface area contributed by atoms with Gasteiger partial charge in [-0.3, -0.25) is 9.58 Å². The largest absolute Gasteiger partial charge is 0.478 e. The lowest BCUT2D eigenvalue weighted by Gasteiger charge is -2.41. The van der Waals surface area contributed by atoms with Gasteiger partial charge in [-0.15, -0.1) is 4.39 Å². The highest BCUT2D eigenvalue weighted by Crippen LogP contribution is 2.35. The van der Waals surface area contributed by atoms with E-state index in [1.165, 1.54) is 0 Å². The van der Waals surface area contributed by atoms with E-state index >= 15 is 0 Å². The van der Waals surface area contributed by atoms with Crippen molar-refractivity contribution >= 4 is 28.7 Å². The number of halogens is 1. The third-order valence-corrected chi connectivity index (χ3v) is 5.72. The fraction of sp³-hybridized carbons (Fsp3) is 0.478. The Morgan fingerprint density at radius 3 is 2.82 bits per heavy atom. The molecule has 176 valence electrons. The van der Waals surface area contributed by atoms with Crippen LogP contribution < -0.4 is 19.9 Å². The quantitative estimate of drug-likeness (QED) is 0.480. The van der Waals surface area contributed by atoms with E-state index in [2.05, 4.69) is 39.1 Å². The average Bonchev–Trinajstić information content (AvgIpc) is 3.36. The maximum Gasteiger partial charge on any atom is 0.405 e. The monoisotopic (exact) mass is 455 g/mol. The first-order valence-electron chi connectivity index (χ1n) is 11.2. The van der Waals surface area contributed by atoms with Crippen molar-refractivity contribution in [2.24, 2.45) is 7.05 Å². The van der Waals surface area contributed by atoms with Gasteiger partial charge in [-0.05, 0) is 39.3 Å². The SMILES string of the molecule is CC1(C)CN(c2ccnc3c2CCN3C(=O)F)CCN1.CCOc1ccc2cn(C)nc2n1. The van der Waals surface area contributed by atoms with Gasteiger partial charge in [0.1, 0.15) is 5.82 Å². The van der Waals surface area contributed by atoms with Crippen molar-refractivity contribution in [2.45, 2.75) is 32.7 Å². The zero-order valence-corrected chi connectivity index (χ0v) is 19.5. The van der Waals surface area contributed by atoms with E-state index in [1.54, 1.807) is 10.9 Å². The first-order valence-corrected chi connectivity index (χ1v) is 11.2. The van der Waals surface area contributed by atoms with Gasteiger partial charge >= 0.3 is 6.16 Å². The second-order valence-corrected chi connectivity index (χ2v) is 8.82. The standard InChI is InChI=1S/C14H19FN4O.C9H11N3O/c1-14(2)9-18(8-6-17-14)11-3-5-16-12-10(11)4-7-19(12)13(15)20;1-3-13-8-5-4-7-6-12(2)11-9(7)10-8/h3,5,17H,4,6-9H2,1-2H3;4-6H,3H2,1-2H3. The summed E-state index contributed by atoms with van der Waals surface area (Å²) in [6, 6.07) is 5.78. The summed E-state index contributed by atoms with van der Waals surface area (Å²) in [7, 11) is 1.88. The second kappa shape index (κ2) is 9.30. The number of piperazine rings is 1. The summed E-state index contributed by atoms with van der Waals surface area (Å²) in [4.78, 5) is 22.8. The molecule has 0 bridgehead atoms. The number of aromatic nitrogens is 4. The number of nitrogens with one attached hydrogen (secondary N) is 1. The van der Waals surface area contributed by atoms with Crippen LogP contribution in [0.25, 0.3) is 11.0 Å². The molecule has 1 N–H and O–H groups in total. The van der Waals surface area contributed by atoms with Crippen molar-refractivity contribution in [3.63, 3.8) is 0 Å². The molecule has 0 aliphatic carbocycles. The number of pyridine rings is 2. The lowest BCUT2D eigenvalue weighted by atomic mass is 10.0.